The number of thiazole rings is 1. The number of nitrogens with zero attached hydrogens (tertiary/aromatic N) is 1. The number of hydrogen-bond acceptors (Lipinski definition) is 2. The monoisotopic (exact) mass is 217 g/mol. The Morgan fingerprint density at radius 2 is 1.93 bits per heavy atom. The van der Waals surface area contributed by atoms with Gasteiger partial charge in [0.25, 0.3) is 0 Å². The molecule has 0 spiro atoms. The largest absolute Gasteiger partial charge is 0.241 e. The molecule has 3 aromatic rings. The van der Waals surface area contributed by atoms with Gasteiger partial charge in [-0.3, -0.25) is 0 Å². The fourth-order valence-corrected chi connectivity index (χ4v) is 2.69. The van der Waals surface area contributed by atoms with Gasteiger partial charge in [-0.05, 0) is 13.0 Å². The molecule has 0 aliphatic heterocycles. The van der Waals surface area contributed by atoms with Crippen molar-refractivity contribution in [1.82, 2.24) is 4.98 Å². The van der Waals surface area contributed by atoms with Gasteiger partial charge in [0.2, 0.25) is 0 Å². The summed E-state index contributed by atoms with van der Waals surface area (Å²) in [5.41, 5.74) is 0.912. The molecule has 1 heterocycles. The molecule has 0 saturated heterocycles. The Hall–Kier alpha value is -1.48. The minimum Gasteiger partial charge on any atom is -0.241 e. The van der Waals surface area contributed by atoms with E-state index in [4.69, 9.17) is 0 Å². The van der Waals surface area contributed by atoms with E-state index in [0.29, 0.717) is 5.39 Å². The number of aryl methyl sites for hydroxylation is 1. The van der Waals surface area contributed by atoms with Crippen molar-refractivity contribution in [3.63, 3.8) is 0 Å². The number of halogens is 1. The fraction of sp³-hybridized carbons (Fsp3) is 0.0833. The van der Waals surface area contributed by atoms with Crippen LogP contribution in [0.25, 0.3) is 21.0 Å². The number of rotatable bonds is 0. The van der Waals surface area contributed by atoms with Crippen LogP contribution in [0.1, 0.15) is 5.01 Å². The lowest BCUT2D eigenvalue weighted by atomic mass is 10.1. The van der Waals surface area contributed by atoms with Crippen LogP contribution in [-0.4, -0.2) is 4.98 Å². The molecule has 74 valence electrons. The van der Waals surface area contributed by atoms with Gasteiger partial charge in [-0.15, -0.1) is 11.3 Å². The minimum absolute atomic E-state index is 0.165. The molecule has 0 atom stereocenters. The van der Waals surface area contributed by atoms with Crippen molar-refractivity contribution < 1.29 is 4.39 Å². The molecule has 0 N–H and O–H groups in total. The lowest BCUT2D eigenvalue weighted by Crippen LogP contribution is -1.80. The Morgan fingerprint density at radius 1 is 1.20 bits per heavy atom. The highest BCUT2D eigenvalue weighted by atomic mass is 32.1. The molecule has 1 aromatic heterocycles. The summed E-state index contributed by atoms with van der Waals surface area (Å²) in [6.07, 6.45) is 0. The van der Waals surface area contributed by atoms with Crippen LogP contribution >= 0.6 is 11.3 Å². The lowest BCUT2D eigenvalue weighted by Gasteiger charge is -1.99. The predicted molar refractivity (Wildman–Crippen MR) is 61.8 cm³/mol. The fourth-order valence-electron chi connectivity index (χ4n) is 1.82. The van der Waals surface area contributed by atoms with Gasteiger partial charge >= 0.3 is 0 Å². The highest BCUT2D eigenvalue weighted by molar-refractivity contribution is 7.18. The second kappa shape index (κ2) is 3.00. The molecule has 0 aliphatic rings. The van der Waals surface area contributed by atoms with Crippen LogP contribution in [-0.2, 0) is 0 Å². The van der Waals surface area contributed by atoms with Crippen molar-refractivity contribution >= 4 is 32.3 Å². The summed E-state index contributed by atoms with van der Waals surface area (Å²) in [5.74, 6) is -0.165. The predicted octanol–water partition coefficient (Wildman–Crippen LogP) is 3.90. The van der Waals surface area contributed by atoms with Gasteiger partial charge < -0.3 is 0 Å². The zero-order valence-electron chi connectivity index (χ0n) is 8.12. The molecule has 0 unspecified atom stereocenters. The highest BCUT2D eigenvalue weighted by Crippen LogP contribution is 2.30. The molecule has 3 heteroatoms. The molecule has 3 rings (SSSR count). The van der Waals surface area contributed by atoms with Crippen LogP contribution in [0.5, 0.6) is 0 Å². The summed E-state index contributed by atoms with van der Waals surface area (Å²) >= 11 is 1.53. The first-order valence-corrected chi connectivity index (χ1v) is 5.52. The van der Waals surface area contributed by atoms with Crippen LogP contribution in [0.2, 0.25) is 0 Å². The van der Waals surface area contributed by atoms with E-state index in [0.717, 1.165) is 20.6 Å². The van der Waals surface area contributed by atoms with Crippen LogP contribution in [0.4, 0.5) is 4.39 Å². The van der Waals surface area contributed by atoms with Gasteiger partial charge in [0.15, 0.2) is 0 Å². The normalized spacial score (nSPS) is 11.3. The average molecular weight is 217 g/mol. The molecule has 0 radical (unpaired) electrons. The number of aromatic nitrogens is 1. The van der Waals surface area contributed by atoms with Crippen molar-refractivity contribution in [2.45, 2.75) is 6.92 Å². The van der Waals surface area contributed by atoms with E-state index >= 15 is 0 Å². The molecule has 15 heavy (non-hydrogen) atoms. The quantitative estimate of drug-likeness (QED) is 0.556. The molecular weight excluding hydrogens is 209 g/mol. The number of benzene rings is 2. The highest BCUT2D eigenvalue weighted by Gasteiger charge is 2.08. The Balaban J connectivity index is 2.62. The van der Waals surface area contributed by atoms with E-state index in [-0.39, 0.29) is 5.82 Å². The van der Waals surface area contributed by atoms with E-state index < -0.39 is 0 Å². The first-order chi connectivity index (χ1) is 7.25. The van der Waals surface area contributed by atoms with E-state index in [1.165, 1.54) is 11.3 Å². The van der Waals surface area contributed by atoms with Crippen molar-refractivity contribution in [2.75, 3.05) is 0 Å². The van der Waals surface area contributed by atoms with E-state index in [9.17, 15) is 4.39 Å². The summed E-state index contributed by atoms with van der Waals surface area (Å²) < 4.78 is 14.6. The molecule has 0 amide bonds. The summed E-state index contributed by atoms with van der Waals surface area (Å²) in [5, 5.41) is 2.52. The SMILES string of the molecule is Cc1nc2c(cc(F)c3ccccc32)s1. The number of fused-ring (bicyclic) bond motifs is 3. The van der Waals surface area contributed by atoms with Gasteiger partial charge in [0, 0.05) is 10.8 Å². The first kappa shape index (κ1) is 8.80. The third-order valence-electron chi connectivity index (χ3n) is 2.46. The van der Waals surface area contributed by atoms with Gasteiger partial charge in [0.1, 0.15) is 5.82 Å². The summed E-state index contributed by atoms with van der Waals surface area (Å²) in [7, 11) is 0. The van der Waals surface area contributed by atoms with Crippen LogP contribution in [0, 0.1) is 12.7 Å². The van der Waals surface area contributed by atoms with Crippen LogP contribution in [0.3, 0.4) is 0 Å². The third kappa shape index (κ3) is 1.23. The second-order valence-corrected chi connectivity index (χ2v) is 4.72. The van der Waals surface area contributed by atoms with Gasteiger partial charge in [-0.1, -0.05) is 24.3 Å². The number of hydrogen-bond donors (Lipinski definition) is 0. The Kier molecular flexibility index (Phi) is 1.76. The van der Waals surface area contributed by atoms with E-state index in [1.54, 1.807) is 12.1 Å². The van der Waals surface area contributed by atoms with Crippen molar-refractivity contribution in [3.8, 4) is 0 Å². The lowest BCUT2D eigenvalue weighted by molar-refractivity contribution is 0.641. The first-order valence-electron chi connectivity index (χ1n) is 4.70. The Morgan fingerprint density at radius 3 is 2.73 bits per heavy atom. The zero-order chi connectivity index (χ0) is 10.4. The smallest absolute Gasteiger partial charge is 0.132 e. The molecular formula is C12H8FNS. The van der Waals surface area contributed by atoms with Gasteiger partial charge in [0.05, 0.1) is 15.2 Å². The summed E-state index contributed by atoms with van der Waals surface area (Å²) in [6, 6.07) is 9.04. The second-order valence-electron chi connectivity index (χ2n) is 3.48. The molecule has 0 saturated carbocycles. The maximum atomic E-state index is 13.7. The molecule has 0 bridgehead atoms. The minimum atomic E-state index is -0.165. The third-order valence-corrected chi connectivity index (χ3v) is 3.38. The van der Waals surface area contributed by atoms with E-state index in [1.807, 2.05) is 25.1 Å². The Bertz CT molecular complexity index is 657. The van der Waals surface area contributed by atoms with Gasteiger partial charge in [-0.25, -0.2) is 9.37 Å². The standard InChI is InChI=1S/C12H8FNS/c1-7-14-12-9-5-3-2-4-8(9)10(13)6-11(12)15-7/h2-6H,1H3. The maximum absolute atomic E-state index is 13.7. The van der Waals surface area contributed by atoms with Crippen molar-refractivity contribution in [1.29, 1.82) is 0 Å². The molecule has 0 fully saturated rings. The average Bonchev–Trinajstić information content (AvgIpc) is 2.59. The van der Waals surface area contributed by atoms with Crippen molar-refractivity contribution in [2.24, 2.45) is 0 Å². The van der Waals surface area contributed by atoms with E-state index in [2.05, 4.69) is 4.98 Å². The van der Waals surface area contributed by atoms with Crippen LogP contribution < -0.4 is 0 Å². The molecule has 1 nitrogen and oxygen atoms in total. The summed E-state index contributed by atoms with van der Waals surface area (Å²) in [6.45, 7) is 1.94. The van der Waals surface area contributed by atoms with Gasteiger partial charge in [-0.2, -0.15) is 0 Å². The topological polar surface area (TPSA) is 12.9 Å². The zero-order valence-corrected chi connectivity index (χ0v) is 8.94. The van der Waals surface area contributed by atoms with Crippen molar-refractivity contribution in [3.05, 3.63) is 41.2 Å². The Labute approximate surface area is 90.2 Å². The molecule has 0 aliphatic carbocycles. The maximum Gasteiger partial charge on any atom is 0.132 e. The molecule has 2 aromatic carbocycles. The van der Waals surface area contributed by atoms with Crippen LogP contribution in [0.15, 0.2) is 30.3 Å². The summed E-state index contributed by atoms with van der Waals surface area (Å²) in [4.78, 5) is 4.43.